The van der Waals surface area contributed by atoms with Crippen molar-refractivity contribution < 1.29 is 8.78 Å². The minimum Gasteiger partial charge on any atom is -0.316 e. The topological polar surface area (TPSA) is 12.0 Å². The number of hydrogen-bond donors (Lipinski definition) is 1. The van der Waals surface area contributed by atoms with Gasteiger partial charge in [0, 0.05) is 5.56 Å². The summed E-state index contributed by atoms with van der Waals surface area (Å²) in [5.41, 5.74) is 1.13. The number of rotatable bonds is 6. The van der Waals surface area contributed by atoms with Crippen LogP contribution in [0.4, 0.5) is 8.78 Å². The second kappa shape index (κ2) is 7.17. The maximum Gasteiger partial charge on any atom is 0.130 e. The van der Waals surface area contributed by atoms with Crippen molar-refractivity contribution in [2.45, 2.75) is 26.7 Å². The van der Waals surface area contributed by atoms with Crippen molar-refractivity contribution in [2.24, 2.45) is 0 Å². The summed E-state index contributed by atoms with van der Waals surface area (Å²) in [6, 6.07) is 3.53. The van der Waals surface area contributed by atoms with E-state index >= 15 is 0 Å². The van der Waals surface area contributed by atoms with Gasteiger partial charge in [-0.05, 0) is 56.6 Å². The molecule has 0 radical (unpaired) electrons. The molecule has 1 aromatic rings. The number of allylic oxidation sites excluding steroid dienone is 1. The Morgan fingerprint density at radius 2 is 2.06 bits per heavy atom. The molecular weight excluding hydrogens is 220 g/mol. The molecule has 0 unspecified atom stereocenters. The van der Waals surface area contributed by atoms with Gasteiger partial charge in [-0.15, -0.1) is 0 Å². The number of benzene rings is 1. The Kier molecular flexibility index (Phi) is 5.84. The first-order valence-electron chi connectivity index (χ1n) is 5.98. The van der Waals surface area contributed by atoms with Crippen LogP contribution in [-0.4, -0.2) is 13.1 Å². The van der Waals surface area contributed by atoms with Crippen LogP contribution in [0.25, 0.3) is 5.57 Å². The molecule has 3 heteroatoms. The van der Waals surface area contributed by atoms with Gasteiger partial charge < -0.3 is 5.32 Å². The molecule has 0 saturated heterocycles. The first kappa shape index (κ1) is 13.8. The molecule has 1 nitrogen and oxygen atoms in total. The Labute approximate surface area is 102 Å². The van der Waals surface area contributed by atoms with Crippen LogP contribution in [0.2, 0.25) is 0 Å². The van der Waals surface area contributed by atoms with Crippen LogP contribution in [0.5, 0.6) is 0 Å². The van der Waals surface area contributed by atoms with Crippen molar-refractivity contribution in [3.8, 4) is 0 Å². The van der Waals surface area contributed by atoms with Crippen molar-refractivity contribution >= 4 is 5.57 Å². The van der Waals surface area contributed by atoms with Crippen LogP contribution in [0.1, 0.15) is 32.3 Å². The molecule has 0 atom stereocenters. The summed E-state index contributed by atoms with van der Waals surface area (Å²) in [5.74, 6) is -0.778. The fourth-order valence-corrected chi connectivity index (χ4v) is 1.60. The molecule has 0 aliphatic carbocycles. The van der Waals surface area contributed by atoms with E-state index in [9.17, 15) is 8.78 Å². The molecule has 0 aliphatic heterocycles. The fraction of sp³-hybridized carbons (Fsp3) is 0.429. The van der Waals surface area contributed by atoms with Crippen molar-refractivity contribution in [1.29, 1.82) is 0 Å². The van der Waals surface area contributed by atoms with Crippen molar-refractivity contribution in [2.75, 3.05) is 13.1 Å². The summed E-state index contributed by atoms with van der Waals surface area (Å²) >= 11 is 0. The molecule has 1 aromatic carbocycles. The lowest BCUT2D eigenvalue weighted by Crippen LogP contribution is -2.15. The van der Waals surface area contributed by atoms with E-state index < -0.39 is 5.82 Å². The highest BCUT2D eigenvalue weighted by Crippen LogP contribution is 2.19. The van der Waals surface area contributed by atoms with Gasteiger partial charge in [-0.25, -0.2) is 8.78 Å². The zero-order valence-electron chi connectivity index (χ0n) is 10.4. The van der Waals surface area contributed by atoms with E-state index in [-0.39, 0.29) is 5.82 Å². The molecule has 17 heavy (non-hydrogen) atoms. The van der Waals surface area contributed by atoms with Crippen LogP contribution in [0.15, 0.2) is 24.3 Å². The van der Waals surface area contributed by atoms with Crippen molar-refractivity contribution in [3.63, 3.8) is 0 Å². The van der Waals surface area contributed by atoms with Gasteiger partial charge in [0.15, 0.2) is 0 Å². The van der Waals surface area contributed by atoms with Crippen LogP contribution in [0, 0.1) is 11.6 Å². The monoisotopic (exact) mass is 239 g/mol. The van der Waals surface area contributed by atoms with Crippen LogP contribution in [0.3, 0.4) is 0 Å². The lowest BCUT2D eigenvalue weighted by atomic mass is 10.1. The summed E-state index contributed by atoms with van der Waals surface area (Å²) < 4.78 is 26.4. The number of halogens is 2. The average Bonchev–Trinajstić information content (AvgIpc) is 2.32. The highest BCUT2D eigenvalue weighted by molar-refractivity contribution is 5.64. The molecular formula is C14H19F2N. The molecule has 0 aliphatic rings. The van der Waals surface area contributed by atoms with Crippen LogP contribution in [-0.2, 0) is 0 Å². The predicted octanol–water partition coefficient (Wildman–Crippen LogP) is 3.76. The maximum atomic E-state index is 13.4. The molecule has 1 rings (SSSR count). The summed E-state index contributed by atoms with van der Waals surface area (Å²) in [6.45, 7) is 5.76. The molecule has 94 valence electrons. The molecule has 0 aromatic heterocycles. The first-order valence-corrected chi connectivity index (χ1v) is 5.98. The lowest BCUT2D eigenvalue weighted by Gasteiger charge is -2.04. The average molecular weight is 239 g/mol. The third-order valence-corrected chi connectivity index (χ3v) is 2.55. The van der Waals surface area contributed by atoms with Crippen molar-refractivity contribution in [3.05, 3.63) is 41.5 Å². The first-order chi connectivity index (χ1) is 8.15. The van der Waals surface area contributed by atoms with Crippen LogP contribution >= 0.6 is 0 Å². The van der Waals surface area contributed by atoms with Crippen LogP contribution < -0.4 is 5.32 Å². The largest absolute Gasteiger partial charge is 0.316 e. The van der Waals surface area contributed by atoms with E-state index in [1.807, 2.05) is 6.08 Å². The van der Waals surface area contributed by atoms with E-state index in [2.05, 4.69) is 12.2 Å². The normalized spacial score (nSPS) is 11.9. The zero-order chi connectivity index (χ0) is 12.7. The van der Waals surface area contributed by atoms with Gasteiger partial charge in [0.2, 0.25) is 0 Å². The Morgan fingerprint density at radius 1 is 1.29 bits per heavy atom. The Hall–Kier alpha value is -1.22. The quantitative estimate of drug-likeness (QED) is 0.745. The Morgan fingerprint density at radius 3 is 2.76 bits per heavy atom. The third kappa shape index (κ3) is 4.65. The summed E-state index contributed by atoms with van der Waals surface area (Å²) in [5, 5.41) is 3.26. The summed E-state index contributed by atoms with van der Waals surface area (Å²) in [7, 11) is 0. The predicted molar refractivity (Wildman–Crippen MR) is 67.8 cm³/mol. The lowest BCUT2D eigenvalue weighted by molar-refractivity contribution is 0.597. The SMILES string of the molecule is CCCNCCC=C(C)c1cc(F)ccc1F. The molecule has 0 heterocycles. The van der Waals surface area contributed by atoms with Gasteiger partial charge in [-0.1, -0.05) is 13.0 Å². The van der Waals surface area contributed by atoms with E-state index in [1.54, 1.807) is 6.92 Å². The highest BCUT2D eigenvalue weighted by atomic mass is 19.1. The molecule has 1 N–H and O–H groups in total. The van der Waals surface area contributed by atoms with Crippen molar-refractivity contribution in [1.82, 2.24) is 5.32 Å². The van der Waals surface area contributed by atoms with Gasteiger partial charge in [-0.3, -0.25) is 0 Å². The van der Waals surface area contributed by atoms with Gasteiger partial charge in [0.1, 0.15) is 11.6 Å². The molecule has 0 saturated carbocycles. The number of hydrogen-bond acceptors (Lipinski definition) is 1. The molecule has 0 spiro atoms. The van der Waals surface area contributed by atoms with E-state index in [0.717, 1.165) is 43.6 Å². The number of nitrogens with one attached hydrogen (secondary N) is 1. The zero-order valence-corrected chi connectivity index (χ0v) is 10.4. The maximum absolute atomic E-state index is 13.4. The van der Waals surface area contributed by atoms with E-state index in [1.165, 1.54) is 6.07 Å². The van der Waals surface area contributed by atoms with Gasteiger partial charge in [-0.2, -0.15) is 0 Å². The van der Waals surface area contributed by atoms with Gasteiger partial charge in [0.25, 0.3) is 0 Å². The second-order valence-corrected chi connectivity index (χ2v) is 4.05. The fourth-order valence-electron chi connectivity index (χ4n) is 1.60. The Balaban J connectivity index is 2.58. The Bertz CT molecular complexity index is 386. The summed E-state index contributed by atoms with van der Waals surface area (Å²) in [6.07, 6.45) is 3.85. The van der Waals surface area contributed by atoms with Gasteiger partial charge >= 0.3 is 0 Å². The third-order valence-electron chi connectivity index (χ3n) is 2.55. The van der Waals surface area contributed by atoms with Gasteiger partial charge in [0.05, 0.1) is 0 Å². The standard InChI is InChI=1S/C14H19F2N/c1-3-8-17-9-4-5-11(2)13-10-12(15)6-7-14(13)16/h5-7,10,17H,3-4,8-9H2,1-2H3. The van der Waals surface area contributed by atoms with E-state index in [0.29, 0.717) is 5.56 Å². The second-order valence-electron chi connectivity index (χ2n) is 4.05. The molecule has 0 amide bonds. The molecule has 0 bridgehead atoms. The highest BCUT2D eigenvalue weighted by Gasteiger charge is 2.04. The van der Waals surface area contributed by atoms with E-state index in [4.69, 9.17) is 0 Å². The minimum absolute atomic E-state index is 0.348. The minimum atomic E-state index is -0.404. The summed E-state index contributed by atoms with van der Waals surface area (Å²) in [4.78, 5) is 0. The smallest absolute Gasteiger partial charge is 0.130 e. The molecule has 0 fully saturated rings.